The van der Waals surface area contributed by atoms with Crippen molar-refractivity contribution in [3.05, 3.63) is 59.9 Å². The Labute approximate surface area is 129 Å². The van der Waals surface area contributed by atoms with Gasteiger partial charge in [0.15, 0.2) is 0 Å². The van der Waals surface area contributed by atoms with Gasteiger partial charge in [0.25, 0.3) is 0 Å². The molecule has 0 aliphatic carbocycles. The standard InChI is InChI=1S/C17H16N2OS/c20-17-11-16(21)12-19(17)15-6-3-4-13(10-15)7-8-14-5-1-2-9-18-14/h1-10,16,21H,11-12H2. The number of hydrogen-bond donors (Lipinski definition) is 1. The second-order valence-electron chi connectivity index (χ2n) is 5.05. The van der Waals surface area contributed by atoms with Gasteiger partial charge in [-0.1, -0.05) is 24.3 Å². The highest BCUT2D eigenvalue weighted by Crippen LogP contribution is 2.25. The molecule has 0 saturated carbocycles. The fourth-order valence-electron chi connectivity index (χ4n) is 2.39. The van der Waals surface area contributed by atoms with E-state index in [0.29, 0.717) is 13.0 Å². The Morgan fingerprint density at radius 1 is 1.19 bits per heavy atom. The largest absolute Gasteiger partial charge is 0.311 e. The van der Waals surface area contributed by atoms with E-state index in [9.17, 15) is 4.79 Å². The van der Waals surface area contributed by atoms with Gasteiger partial charge in [-0.15, -0.1) is 0 Å². The van der Waals surface area contributed by atoms with Crippen LogP contribution in [0.5, 0.6) is 0 Å². The number of benzene rings is 1. The van der Waals surface area contributed by atoms with Gasteiger partial charge in [0.05, 0.1) is 5.69 Å². The lowest BCUT2D eigenvalue weighted by Gasteiger charge is -2.16. The maximum absolute atomic E-state index is 11.9. The summed E-state index contributed by atoms with van der Waals surface area (Å²) in [6.45, 7) is 0.676. The van der Waals surface area contributed by atoms with E-state index in [-0.39, 0.29) is 11.2 Å². The summed E-state index contributed by atoms with van der Waals surface area (Å²) in [5, 5.41) is 0.130. The number of hydrogen-bond acceptors (Lipinski definition) is 3. The van der Waals surface area contributed by atoms with Crippen LogP contribution in [0.4, 0.5) is 5.69 Å². The lowest BCUT2D eigenvalue weighted by atomic mass is 10.1. The lowest BCUT2D eigenvalue weighted by molar-refractivity contribution is -0.117. The number of thiol groups is 1. The molecule has 1 aromatic heterocycles. The second kappa shape index (κ2) is 6.14. The van der Waals surface area contributed by atoms with Crippen molar-refractivity contribution in [2.75, 3.05) is 11.4 Å². The van der Waals surface area contributed by atoms with Crippen LogP contribution < -0.4 is 4.90 Å². The van der Waals surface area contributed by atoms with Crippen LogP contribution in [0.1, 0.15) is 17.7 Å². The highest BCUT2D eigenvalue weighted by Gasteiger charge is 2.28. The number of carbonyl (C=O) groups is 1. The fraction of sp³-hybridized carbons (Fsp3) is 0.176. The molecule has 0 N–H and O–H groups in total. The predicted molar refractivity (Wildman–Crippen MR) is 89.4 cm³/mol. The van der Waals surface area contributed by atoms with E-state index in [1.54, 1.807) is 11.1 Å². The van der Waals surface area contributed by atoms with Gasteiger partial charge in [-0.3, -0.25) is 9.78 Å². The van der Waals surface area contributed by atoms with Crippen LogP contribution in [0.15, 0.2) is 48.7 Å². The minimum absolute atomic E-state index is 0.130. The summed E-state index contributed by atoms with van der Waals surface area (Å²) in [5.74, 6) is 0.140. The van der Waals surface area contributed by atoms with Gasteiger partial charge in [0, 0.05) is 30.1 Å². The summed E-state index contributed by atoms with van der Waals surface area (Å²) in [7, 11) is 0. The van der Waals surface area contributed by atoms with Crippen LogP contribution >= 0.6 is 12.6 Å². The Kier molecular flexibility index (Phi) is 4.06. The van der Waals surface area contributed by atoms with Crippen LogP contribution in [0.25, 0.3) is 12.2 Å². The van der Waals surface area contributed by atoms with E-state index < -0.39 is 0 Å². The van der Waals surface area contributed by atoms with Gasteiger partial charge < -0.3 is 4.90 Å². The van der Waals surface area contributed by atoms with E-state index >= 15 is 0 Å². The van der Waals surface area contributed by atoms with Crippen LogP contribution in [-0.4, -0.2) is 22.7 Å². The Hall–Kier alpha value is -2.07. The van der Waals surface area contributed by atoms with Gasteiger partial charge >= 0.3 is 0 Å². The summed E-state index contributed by atoms with van der Waals surface area (Å²) in [5.41, 5.74) is 2.89. The maximum atomic E-state index is 11.9. The number of anilines is 1. The third-order valence-electron chi connectivity index (χ3n) is 3.42. The molecule has 3 rings (SSSR count). The van der Waals surface area contributed by atoms with Crippen LogP contribution in [0.2, 0.25) is 0 Å². The molecule has 1 aliphatic rings. The zero-order valence-corrected chi connectivity index (χ0v) is 12.4. The van der Waals surface area contributed by atoms with Crippen molar-refractivity contribution in [3.8, 4) is 0 Å². The highest BCUT2D eigenvalue weighted by atomic mass is 32.1. The van der Waals surface area contributed by atoms with E-state index in [1.165, 1.54) is 0 Å². The van der Waals surface area contributed by atoms with Crippen molar-refractivity contribution in [1.29, 1.82) is 0 Å². The summed E-state index contributed by atoms with van der Waals surface area (Å²) in [6.07, 6.45) is 6.25. The molecule has 21 heavy (non-hydrogen) atoms. The molecule has 1 aliphatic heterocycles. The topological polar surface area (TPSA) is 33.2 Å². The third kappa shape index (κ3) is 3.34. The number of amides is 1. The van der Waals surface area contributed by atoms with Gasteiger partial charge in [-0.2, -0.15) is 12.6 Å². The van der Waals surface area contributed by atoms with Crippen molar-refractivity contribution >= 4 is 36.4 Å². The second-order valence-corrected chi connectivity index (χ2v) is 5.78. The van der Waals surface area contributed by atoms with Gasteiger partial charge in [0.1, 0.15) is 0 Å². The molecule has 2 heterocycles. The summed E-state index contributed by atoms with van der Waals surface area (Å²) >= 11 is 4.39. The Bertz CT molecular complexity index is 670. The quantitative estimate of drug-likeness (QED) is 0.882. The van der Waals surface area contributed by atoms with Crippen LogP contribution in [0, 0.1) is 0 Å². The molecule has 4 heteroatoms. The Morgan fingerprint density at radius 3 is 2.81 bits per heavy atom. The normalized spacial score (nSPS) is 18.6. The fourth-order valence-corrected chi connectivity index (χ4v) is 2.71. The van der Waals surface area contributed by atoms with E-state index in [4.69, 9.17) is 0 Å². The zero-order chi connectivity index (χ0) is 14.7. The first-order chi connectivity index (χ1) is 10.2. The first-order valence-electron chi connectivity index (χ1n) is 6.90. The van der Waals surface area contributed by atoms with Crippen molar-refractivity contribution < 1.29 is 4.79 Å². The van der Waals surface area contributed by atoms with E-state index in [0.717, 1.165) is 16.9 Å². The number of pyridine rings is 1. The minimum Gasteiger partial charge on any atom is -0.311 e. The van der Waals surface area contributed by atoms with Gasteiger partial charge in [0.2, 0.25) is 5.91 Å². The zero-order valence-electron chi connectivity index (χ0n) is 11.5. The molecule has 1 amide bonds. The molecule has 1 unspecified atom stereocenters. The number of nitrogens with zero attached hydrogens (tertiary/aromatic N) is 2. The van der Waals surface area contributed by atoms with Crippen molar-refractivity contribution in [2.45, 2.75) is 11.7 Å². The monoisotopic (exact) mass is 296 g/mol. The number of carbonyl (C=O) groups excluding carboxylic acids is 1. The molecule has 0 radical (unpaired) electrons. The van der Waals surface area contributed by atoms with Gasteiger partial charge in [-0.25, -0.2) is 0 Å². The number of aromatic nitrogens is 1. The molecule has 1 aromatic carbocycles. The SMILES string of the molecule is O=C1CC(S)CN1c1cccc(C=Cc2ccccn2)c1. The smallest absolute Gasteiger partial charge is 0.228 e. The van der Waals surface area contributed by atoms with Crippen molar-refractivity contribution in [1.82, 2.24) is 4.98 Å². The molecule has 2 aromatic rings. The predicted octanol–water partition coefficient (Wildman–Crippen LogP) is 3.29. The average Bonchev–Trinajstić information content (AvgIpc) is 2.85. The summed E-state index contributed by atoms with van der Waals surface area (Å²) < 4.78 is 0. The molecule has 1 saturated heterocycles. The van der Waals surface area contributed by atoms with Crippen LogP contribution in [-0.2, 0) is 4.79 Å². The Balaban J connectivity index is 1.81. The third-order valence-corrected chi connectivity index (χ3v) is 3.77. The summed E-state index contributed by atoms with van der Waals surface area (Å²) in [4.78, 5) is 18.0. The summed E-state index contributed by atoms with van der Waals surface area (Å²) in [6, 6.07) is 13.8. The van der Waals surface area contributed by atoms with Crippen LogP contribution in [0.3, 0.4) is 0 Å². The molecule has 0 bridgehead atoms. The van der Waals surface area contributed by atoms with E-state index in [2.05, 4.69) is 17.6 Å². The molecule has 106 valence electrons. The molecule has 3 nitrogen and oxygen atoms in total. The van der Waals surface area contributed by atoms with Gasteiger partial charge in [-0.05, 0) is 35.9 Å². The molecule has 1 atom stereocenters. The van der Waals surface area contributed by atoms with E-state index in [1.807, 2.05) is 54.6 Å². The first kappa shape index (κ1) is 13.9. The molecular formula is C17H16N2OS. The lowest BCUT2D eigenvalue weighted by Crippen LogP contribution is -2.24. The highest BCUT2D eigenvalue weighted by molar-refractivity contribution is 7.81. The number of rotatable bonds is 3. The van der Waals surface area contributed by atoms with Crippen molar-refractivity contribution in [2.24, 2.45) is 0 Å². The molecule has 1 fully saturated rings. The molecular weight excluding hydrogens is 280 g/mol. The molecule has 0 spiro atoms. The van der Waals surface area contributed by atoms with Crippen molar-refractivity contribution in [3.63, 3.8) is 0 Å². The first-order valence-corrected chi connectivity index (χ1v) is 7.41. The Morgan fingerprint density at radius 2 is 2.10 bits per heavy atom. The maximum Gasteiger partial charge on any atom is 0.228 e. The average molecular weight is 296 g/mol. The minimum atomic E-state index is 0.130.